The van der Waals surface area contributed by atoms with Gasteiger partial charge in [-0.25, -0.2) is 4.98 Å². The number of benzene rings is 1. The fourth-order valence-corrected chi connectivity index (χ4v) is 2.93. The van der Waals surface area contributed by atoms with Crippen molar-refractivity contribution in [3.8, 4) is 11.3 Å². The molecule has 6 nitrogen and oxygen atoms in total. The van der Waals surface area contributed by atoms with E-state index >= 15 is 0 Å². The number of nitrogens with one attached hydrogen (secondary N) is 1. The fraction of sp³-hybridized carbons (Fsp3) is 0.0625. The normalized spacial score (nSPS) is 11.3. The molecule has 2 aromatic heterocycles. The number of primary amides is 1. The van der Waals surface area contributed by atoms with Crippen molar-refractivity contribution in [2.75, 3.05) is 5.32 Å². The summed E-state index contributed by atoms with van der Waals surface area (Å²) in [5.74, 6) is -0.756. The van der Waals surface area contributed by atoms with Gasteiger partial charge in [0.05, 0.1) is 16.8 Å². The molecule has 0 radical (unpaired) electrons. The molecule has 0 saturated heterocycles. The summed E-state index contributed by atoms with van der Waals surface area (Å²) < 4.78 is 38.7. The molecular weight excluding hydrogens is 369 g/mol. The molecule has 0 bridgehead atoms. The highest BCUT2D eigenvalue weighted by Gasteiger charge is 2.30. The van der Waals surface area contributed by atoms with Crippen LogP contribution in [0.25, 0.3) is 11.3 Å². The number of rotatable bonds is 4. The molecule has 3 N–H and O–H groups in total. The van der Waals surface area contributed by atoms with E-state index in [9.17, 15) is 23.2 Å². The lowest BCUT2D eigenvalue weighted by Gasteiger charge is -2.08. The molecule has 0 atom stereocenters. The van der Waals surface area contributed by atoms with E-state index in [4.69, 9.17) is 5.73 Å². The van der Waals surface area contributed by atoms with E-state index in [1.54, 1.807) is 5.38 Å². The summed E-state index contributed by atoms with van der Waals surface area (Å²) in [6.45, 7) is 0. The zero-order valence-electron chi connectivity index (χ0n) is 12.9. The molecule has 0 aliphatic carbocycles. The molecular formula is C16H11F3N4O2S. The number of hydrogen-bond acceptors (Lipinski definition) is 5. The lowest BCUT2D eigenvalue weighted by Crippen LogP contribution is -2.28. The first kappa shape index (κ1) is 17.7. The number of hydrogen-bond donors (Lipinski definition) is 2. The molecule has 1 amide bonds. The molecule has 0 aliphatic rings. The molecule has 10 heteroatoms. The monoisotopic (exact) mass is 380 g/mol. The van der Waals surface area contributed by atoms with E-state index in [0.29, 0.717) is 21.1 Å². The van der Waals surface area contributed by atoms with Crippen LogP contribution in [0.4, 0.5) is 24.0 Å². The average Bonchev–Trinajstić information content (AvgIpc) is 3.02. The second kappa shape index (κ2) is 6.64. The van der Waals surface area contributed by atoms with E-state index in [-0.39, 0.29) is 11.3 Å². The number of aromatic nitrogens is 2. The highest BCUT2D eigenvalue weighted by molar-refractivity contribution is 7.14. The van der Waals surface area contributed by atoms with Crippen molar-refractivity contribution in [2.24, 2.45) is 5.73 Å². The van der Waals surface area contributed by atoms with Gasteiger partial charge in [0, 0.05) is 11.1 Å². The van der Waals surface area contributed by atoms with Crippen molar-refractivity contribution in [3.05, 3.63) is 64.4 Å². The van der Waals surface area contributed by atoms with Gasteiger partial charge in [0.1, 0.15) is 5.56 Å². The molecule has 0 saturated carbocycles. The maximum absolute atomic E-state index is 12.8. The minimum atomic E-state index is -4.44. The number of halogens is 3. The van der Waals surface area contributed by atoms with E-state index in [2.05, 4.69) is 10.3 Å². The molecule has 134 valence electrons. The summed E-state index contributed by atoms with van der Waals surface area (Å²) in [5, 5.41) is 16.3. The smallest absolute Gasteiger partial charge is 0.416 e. The highest BCUT2D eigenvalue weighted by atomic mass is 32.1. The molecule has 26 heavy (non-hydrogen) atoms. The molecule has 3 aromatic rings. The Morgan fingerprint density at radius 2 is 2.04 bits per heavy atom. The Morgan fingerprint density at radius 3 is 2.73 bits per heavy atom. The Bertz CT molecular complexity index is 972. The molecule has 0 aliphatic heterocycles. The van der Waals surface area contributed by atoms with Crippen molar-refractivity contribution in [1.82, 2.24) is 4.98 Å². The quantitative estimate of drug-likeness (QED) is 0.536. The number of thiazole rings is 1. The number of amides is 1. The van der Waals surface area contributed by atoms with E-state index in [1.807, 2.05) is 0 Å². The SMILES string of the molecule is NC(=O)c1cc(-c2csc(Nc3cccc(C(F)(F)F)c3)n2)c[n+]([O-])c1. The van der Waals surface area contributed by atoms with Gasteiger partial charge in [0.15, 0.2) is 17.5 Å². The Hall–Kier alpha value is -3.14. The van der Waals surface area contributed by atoms with Crippen LogP contribution < -0.4 is 15.8 Å². The standard InChI is InChI=1S/C16H11F3N4O2S/c17-16(18,19)11-2-1-3-12(5-11)21-15-22-13(8-26-15)9-4-10(14(20)24)7-23(25)6-9/h1-8H,(H2,20,24)(H,21,22). The lowest BCUT2D eigenvalue weighted by atomic mass is 10.1. The third-order valence-electron chi connectivity index (χ3n) is 3.37. The second-order valence-corrected chi connectivity index (χ2v) is 6.14. The maximum atomic E-state index is 12.8. The Labute approximate surface area is 149 Å². The number of carbonyl (C=O) groups excluding carboxylic acids is 1. The molecule has 0 spiro atoms. The van der Waals surface area contributed by atoms with Gasteiger partial charge in [-0.2, -0.15) is 17.9 Å². The van der Waals surface area contributed by atoms with Crippen LogP contribution in [0.3, 0.4) is 0 Å². The largest absolute Gasteiger partial charge is 0.619 e. The molecule has 0 fully saturated rings. The number of alkyl halides is 3. The number of nitrogens with zero attached hydrogens (tertiary/aromatic N) is 2. The van der Waals surface area contributed by atoms with Crippen LogP contribution in [0, 0.1) is 5.21 Å². The van der Waals surface area contributed by atoms with Crippen molar-refractivity contribution >= 4 is 28.1 Å². The van der Waals surface area contributed by atoms with Crippen LogP contribution in [-0.2, 0) is 6.18 Å². The van der Waals surface area contributed by atoms with Gasteiger partial charge in [-0.05, 0) is 24.3 Å². The first-order valence-electron chi connectivity index (χ1n) is 7.16. The van der Waals surface area contributed by atoms with E-state index in [1.165, 1.54) is 24.4 Å². The topological polar surface area (TPSA) is 95.0 Å². The predicted molar refractivity (Wildman–Crippen MR) is 89.8 cm³/mol. The Morgan fingerprint density at radius 1 is 1.27 bits per heavy atom. The lowest BCUT2D eigenvalue weighted by molar-refractivity contribution is -0.604. The summed E-state index contributed by atoms with van der Waals surface area (Å²) in [5.41, 5.74) is 5.40. The first-order valence-corrected chi connectivity index (χ1v) is 8.04. The van der Waals surface area contributed by atoms with Crippen molar-refractivity contribution in [3.63, 3.8) is 0 Å². The van der Waals surface area contributed by atoms with Crippen LogP contribution >= 0.6 is 11.3 Å². The van der Waals surface area contributed by atoms with Crippen molar-refractivity contribution in [1.29, 1.82) is 0 Å². The summed E-state index contributed by atoms with van der Waals surface area (Å²) >= 11 is 1.14. The molecule has 3 rings (SSSR count). The third-order valence-corrected chi connectivity index (χ3v) is 4.13. The van der Waals surface area contributed by atoms with Crippen LogP contribution in [0.15, 0.2) is 48.1 Å². The second-order valence-electron chi connectivity index (χ2n) is 5.28. The number of anilines is 2. The fourth-order valence-electron chi connectivity index (χ4n) is 2.19. The maximum Gasteiger partial charge on any atom is 0.416 e. The molecule has 1 aromatic carbocycles. The van der Waals surface area contributed by atoms with Crippen LogP contribution in [0.1, 0.15) is 15.9 Å². The average molecular weight is 380 g/mol. The summed E-state index contributed by atoms with van der Waals surface area (Å²) in [7, 11) is 0. The van der Waals surface area contributed by atoms with Gasteiger partial charge < -0.3 is 16.3 Å². The van der Waals surface area contributed by atoms with E-state index in [0.717, 1.165) is 29.7 Å². The van der Waals surface area contributed by atoms with Crippen LogP contribution in [0.5, 0.6) is 0 Å². The Balaban J connectivity index is 1.86. The van der Waals surface area contributed by atoms with E-state index < -0.39 is 17.6 Å². The van der Waals surface area contributed by atoms with Crippen molar-refractivity contribution in [2.45, 2.75) is 6.18 Å². The van der Waals surface area contributed by atoms with Gasteiger partial charge in [0.2, 0.25) is 0 Å². The van der Waals surface area contributed by atoms with Gasteiger partial charge >= 0.3 is 6.18 Å². The van der Waals surface area contributed by atoms with Crippen LogP contribution in [0.2, 0.25) is 0 Å². The van der Waals surface area contributed by atoms with Crippen molar-refractivity contribution < 1.29 is 22.7 Å². The summed E-state index contributed by atoms with van der Waals surface area (Å²) in [6.07, 6.45) is -2.18. The summed E-state index contributed by atoms with van der Waals surface area (Å²) in [4.78, 5) is 15.5. The zero-order valence-corrected chi connectivity index (χ0v) is 13.8. The minimum Gasteiger partial charge on any atom is -0.619 e. The number of pyridine rings is 1. The third kappa shape index (κ3) is 3.91. The van der Waals surface area contributed by atoms with Gasteiger partial charge in [-0.1, -0.05) is 6.07 Å². The number of nitrogens with two attached hydrogens (primary N) is 1. The molecule has 0 unspecified atom stereocenters. The van der Waals surface area contributed by atoms with Gasteiger partial charge in [-0.3, -0.25) is 4.79 Å². The predicted octanol–water partition coefficient (Wildman–Crippen LogP) is 3.30. The zero-order chi connectivity index (χ0) is 18.9. The van der Waals surface area contributed by atoms with Crippen LogP contribution in [-0.4, -0.2) is 10.9 Å². The van der Waals surface area contributed by atoms with Gasteiger partial charge in [-0.15, -0.1) is 11.3 Å². The minimum absolute atomic E-state index is 0.0258. The van der Waals surface area contributed by atoms with Gasteiger partial charge in [0.25, 0.3) is 5.91 Å². The number of carbonyl (C=O) groups is 1. The first-order chi connectivity index (χ1) is 12.2. The summed E-state index contributed by atoms with van der Waals surface area (Å²) in [6, 6.07) is 6.13. The highest BCUT2D eigenvalue weighted by Crippen LogP contribution is 2.32. The Kier molecular flexibility index (Phi) is 4.51. The molecule has 2 heterocycles.